The average Bonchev–Trinajstić information content (AvgIpc) is 2.15. The molecular weight excluding hydrogens is 164 g/mol. The summed E-state index contributed by atoms with van der Waals surface area (Å²) in [4.78, 5) is 2.34. The molecule has 1 unspecified atom stereocenters. The molecule has 0 bridgehead atoms. The maximum absolute atomic E-state index is 9.99. The minimum Gasteiger partial charge on any atom is -0.391 e. The Morgan fingerprint density at radius 3 is 2.69 bits per heavy atom. The van der Waals surface area contributed by atoms with Crippen molar-refractivity contribution >= 4 is 0 Å². The van der Waals surface area contributed by atoms with Crippen molar-refractivity contribution in [2.45, 2.75) is 37.3 Å². The molecule has 0 saturated carbocycles. The van der Waals surface area contributed by atoms with Crippen LogP contribution in [-0.2, 0) is 0 Å². The molecule has 76 valence electrons. The van der Waals surface area contributed by atoms with Gasteiger partial charge < -0.3 is 15.3 Å². The average molecular weight is 184 g/mol. The van der Waals surface area contributed by atoms with Crippen LogP contribution in [0.25, 0.3) is 0 Å². The molecule has 13 heavy (non-hydrogen) atoms. The van der Waals surface area contributed by atoms with Gasteiger partial charge in [-0.25, -0.2) is 0 Å². The number of aliphatic hydroxyl groups is 1. The van der Waals surface area contributed by atoms with Crippen LogP contribution in [0.4, 0.5) is 0 Å². The van der Waals surface area contributed by atoms with Crippen LogP contribution in [0.2, 0.25) is 0 Å². The van der Waals surface area contributed by atoms with Gasteiger partial charge >= 0.3 is 0 Å². The first-order chi connectivity index (χ1) is 6.23. The maximum atomic E-state index is 9.99. The summed E-state index contributed by atoms with van der Waals surface area (Å²) in [7, 11) is 2.15. The standard InChI is InChI=1S/C10H20N2O/c1-12-7-4-10(5-8-12)9(13)3-2-6-11-10/h9,11,13H,2-8H2,1H3. The van der Waals surface area contributed by atoms with E-state index in [0.29, 0.717) is 0 Å². The van der Waals surface area contributed by atoms with Gasteiger partial charge in [0.1, 0.15) is 0 Å². The van der Waals surface area contributed by atoms with Crippen molar-refractivity contribution in [1.82, 2.24) is 10.2 Å². The van der Waals surface area contributed by atoms with E-state index in [1.54, 1.807) is 0 Å². The van der Waals surface area contributed by atoms with Crippen molar-refractivity contribution in [3.63, 3.8) is 0 Å². The van der Waals surface area contributed by atoms with Gasteiger partial charge in [-0.2, -0.15) is 0 Å². The highest BCUT2D eigenvalue weighted by molar-refractivity contribution is 5.00. The molecule has 3 heteroatoms. The highest BCUT2D eigenvalue weighted by atomic mass is 16.3. The van der Waals surface area contributed by atoms with Crippen molar-refractivity contribution in [3.05, 3.63) is 0 Å². The number of nitrogens with one attached hydrogen (secondary N) is 1. The van der Waals surface area contributed by atoms with Crippen LogP contribution >= 0.6 is 0 Å². The molecule has 2 heterocycles. The van der Waals surface area contributed by atoms with Crippen molar-refractivity contribution in [2.24, 2.45) is 0 Å². The monoisotopic (exact) mass is 184 g/mol. The van der Waals surface area contributed by atoms with E-state index >= 15 is 0 Å². The smallest absolute Gasteiger partial charge is 0.0723 e. The van der Waals surface area contributed by atoms with Gasteiger partial charge in [-0.05, 0) is 52.4 Å². The third kappa shape index (κ3) is 1.73. The Balaban J connectivity index is 2.01. The summed E-state index contributed by atoms with van der Waals surface area (Å²) in [6.45, 7) is 3.31. The highest BCUT2D eigenvalue weighted by Crippen LogP contribution is 2.30. The van der Waals surface area contributed by atoms with Crippen LogP contribution in [0.3, 0.4) is 0 Å². The van der Waals surface area contributed by atoms with Crippen LogP contribution < -0.4 is 5.32 Å². The van der Waals surface area contributed by atoms with Gasteiger partial charge in [-0.15, -0.1) is 0 Å². The van der Waals surface area contributed by atoms with Crippen molar-refractivity contribution in [2.75, 3.05) is 26.7 Å². The lowest BCUT2D eigenvalue weighted by atomic mass is 9.78. The summed E-state index contributed by atoms with van der Waals surface area (Å²) in [6, 6.07) is 0. The summed E-state index contributed by atoms with van der Waals surface area (Å²) in [5.41, 5.74) is 0.0603. The normalized spacial score (nSPS) is 35.1. The Kier molecular flexibility index (Phi) is 2.58. The molecule has 2 rings (SSSR count). The van der Waals surface area contributed by atoms with Gasteiger partial charge in [-0.1, -0.05) is 0 Å². The molecule has 3 nitrogen and oxygen atoms in total. The fourth-order valence-corrected chi connectivity index (χ4v) is 2.55. The molecule has 2 aliphatic rings. The SMILES string of the molecule is CN1CCC2(CC1)NCCCC2O. The topological polar surface area (TPSA) is 35.5 Å². The largest absolute Gasteiger partial charge is 0.391 e. The number of likely N-dealkylation sites (tertiary alicyclic amines) is 1. The minimum absolute atomic E-state index is 0.0603. The van der Waals surface area contributed by atoms with E-state index in [2.05, 4.69) is 17.3 Å². The number of nitrogens with zero attached hydrogens (tertiary/aromatic N) is 1. The Hall–Kier alpha value is -0.120. The van der Waals surface area contributed by atoms with E-state index in [1.165, 1.54) is 0 Å². The zero-order valence-electron chi connectivity index (χ0n) is 8.42. The van der Waals surface area contributed by atoms with E-state index in [1.807, 2.05) is 0 Å². The molecular formula is C10H20N2O. The quantitative estimate of drug-likeness (QED) is 0.564. The first kappa shape index (κ1) is 9.44. The molecule has 1 atom stereocenters. The fourth-order valence-electron chi connectivity index (χ4n) is 2.55. The zero-order chi connectivity index (χ0) is 9.31. The zero-order valence-corrected chi connectivity index (χ0v) is 8.42. The molecule has 0 aromatic heterocycles. The molecule has 2 fully saturated rings. The maximum Gasteiger partial charge on any atom is 0.0723 e. The summed E-state index contributed by atoms with van der Waals surface area (Å²) >= 11 is 0. The highest BCUT2D eigenvalue weighted by Gasteiger charge is 2.41. The van der Waals surface area contributed by atoms with Crippen LogP contribution in [0.1, 0.15) is 25.7 Å². The van der Waals surface area contributed by atoms with Crippen LogP contribution in [-0.4, -0.2) is 48.3 Å². The molecule has 0 aromatic carbocycles. The Morgan fingerprint density at radius 1 is 1.38 bits per heavy atom. The summed E-state index contributed by atoms with van der Waals surface area (Å²) in [5.74, 6) is 0. The summed E-state index contributed by atoms with van der Waals surface area (Å²) in [6.07, 6.45) is 4.19. The number of aliphatic hydroxyl groups excluding tert-OH is 1. The van der Waals surface area contributed by atoms with E-state index in [-0.39, 0.29) is 11.6 Å². The van der Waals surface area contributed by atoms with Gasteiger partial charge in [0.2, 0.25) is 0 Å². The molecule has 2 saturated heterocycles. The van der Waals surface area contributed by atoms with Gasteiger partial charge in [0.15, 0.2) is 0 Å². The Morgan fingerprint density at radius 2 is 2.08 bits per heavy atom. The van der Waals surface area contributed by atoms with Crippen molar-refractivity contribution < 1.29 is 5.11 Å². The fraction of sp³-hybridized carbons (Fsp3) is 1.00. The summed E-state index contributed by atoms with van der Waals surface area (Å²) in [5, 5.41) is 13.5. The minimum atomic E-state index is -0.116. The van der Waals surface area contributed by atoms with Crippen LogP contribution in [0, 0.1) is 0 Å². The molecule has 0 aliphatic carbocycles. The van der Waals surface area contributed by atoms with Crippen LogP contribution in [0.5, 0.6) is 0 Å². The number of rotatable bonds is 0. The third-order valence-electron chi connectivity index (χ3n) is 3.65. The second kappa shape index (κ2) is 3.56. The lowest BCUT2D eigenvalue weighted by Gasteiger charge is -2.47. The molecule has 0 aromatic rings. The Labute approximate surface area is 80.1 Å². The van der Waals surface area contributed by atoms with E-state index < -0.39 is 0 Å². The molecule has 0 radical (unpaired) electrons. The summed E-state index contributed by atoms with van der Waals surface area (Å²) < 4.78 is 0. The van der Waals surface area contributed by atoms with Gasteiger partial charge in [0.05, 0.1) is 6.10 Å². The molecule has 1 spiro atoms. The van der Waals surface area contributed by atoms with Gasteiger partial charge in [-0.3, -0.25) is 0 Å². The molecule has 2 N–H and O–H groups in total. The van der Waals surface area contributed by atoms with E-state index in [0.717, 1.165) is 45.3 Å². The second-order valence-electron chi connectivity index (χ2n) is 4.54. The molecule has 2 aliphatic heterocycles. The third-order valence-corrected chi connectivity index (χ3v) is 3.65. The lowest BCUT2D eigenvalue weighted by Crippen LogP contribution is -2.62. The number of hydrogen-bond donors (Lipinski definition) is 2. The van der Waals surface area contributed by atoms with Crippen LogP contribution in [0.15, 0.2) is 0 Å². The number of hydrogen-bond acceptors (Lipinski definition) is 3. The van der Waals surface area contributed by atoms with E-state index in [9.17, 15) is 5.11 Å². The van der Waals surface area contributed by atoms with E-state index in [4.69, 9.17) is 0 Å². The van der Waals surface area contributed by atoms with Crippen molar-refractivity contribution in [1.29, 1.82) is 0 Å². The Bertz CT molecular complexity index is 176. The second-order valence-corrected chi connectivity index (χ2v) is 4.54. The van der Waals surface area contributed by atoms with Gasteiger partial charge in [0.25, 0.3) is 0 Å². The number of piperidine rings is 2. The predicted molar refractivity (Wildman–Crippen MR) is 52.7 cm³/mol. The van der Waals surface area contributed by atoms with Crippen molar-refractivity contribution in [3.8, 4) is 0 Å². The predicted octanol–water partition coefficient (Wildman–Crippen LogP) is 0.195. The van der Waals surface area contributed by atoms with Gasteiger partial charge in [0, 0.05) is 5.54 Å². The molecule has 0 amide bonds. The first-order valence-corrected chi connectivity index (χ1v) is 5.35. The lowest BCUT2D eigenvalue weighted by molar-refractivity contribution is -0.00572. The first-order valence-electron chi connectivity index (χ1n) is 5.35.